The van der Waals surface area contributed by atoms with Crippen LogP contribution in [0.25, 0.3) is 5.69 Å². The number of nitrogens with zero attached hydrogens (tertiary/aromatic N) is 4. The fraction of sp³-hybridized carbons (Fsp3) is 0.438. The fourth-order valence-corrected chi connectivity index (χ4v) is 2.12. The number of methoxy groups -OCH3 is 1. The molecule has 0 unspecified atom stereocenters. The molecule has 0 saturated heterocycles. The van der Waals surface area contributed by atoms with E-state index in [0.717, 1.165) is 5.69 Å². The van der Waals surface area contributed by atoms with E-state index in [1.165, 1.54) is 7.11 Å². The SMILES string of the molecule is CC.CC.COc1nnc2n1-c1ccccc1C(=O)N(C)C2. The van der Waals surface area contributed by atoms with Gasteiger partial charge in [0.15, 0.2) is 5.82 Å². The van der Waals surface area contributed by atoms with Gasteiger partial charge in [0, 0.05) is 7.05 Å². The van der Waals surface area contributed by atoms with Crippen molar-refractivity contribution in [3.63, 3.8) is 0 Å². The highest BCUT2D eigenvalue weighted by Crippen LogP contribution is 2.26. The Morgan fingerprint density at radius 2 is 1.73 bits per heavy atom. The van der Waals surface area contributed by atoms with Gasteiger partial charge in [-0.3, -0.25) is 4.79 Å². The number of para-hydroxylation sites is 1. The molecule has 1 aromatic heterocycles. The maximum absolute atomic E-state index is 12.2. The van der Waals surface area contributed by atoms with Crippen LogP contribution in [0.4, 0.5) is 0 Å². The number of benzene rings is 1. The molecular formula is C16H24N4O2. The molecule has 22 heavy (non-hydrogen) atoms. The van der Waals surface area contributed by atoms with Crippen molar-refractivity contribution in [2.75, 3.05) is 14.2 Å². The van der Waals surface area contributed by atoms with Gasteiger partial charge >= 0.3 is 6.01 Å². The van der Waals surface area contributed by atoms with E-state index in [1.807, 2.05) is 45.9 Å². The topological polar surface area (TPSA) is 60.3 Å². The van der Waals surface area contributed by atoms with Crippen LogP contribution in [0.3, 0.4) is 0 Å². The van der Waals surface area contributed by atoms with E-state index in [9.17, 15) is 4.79 Å². The number of ether oxygens (including phenoxy) is 1. The molecule has 3 rings (SSSR count). The predicted octanol–water partition coefficient (Wildman–Crippen LogP) is 2.91. The summed E-state index contributed by atoms with van der Waals surface area (Å²) in [5, 5.41) is 8.03. The largest absolute Gasteiger partial charge is 0.467 e. The first kappa shape index (κ1) is 17.7. The Bertz CT molecular complexity index is 622. The summed E-state index contributed by atoms with van der Waals surface area (Å²) < 4.78 is 6.97. The average Bonchev–Trinajstić information content (AvgIpc) is 2.96. The Hall–Kier alpha value is -2.37. The molecular weight excluding hydrogens is 280 g/mol. The first-order chi connectivity index (χ1) is 10.7. The van der Waals surface area contributed by atoms with Crippen molar-refractivity contribution in [3.8, 4) is 11.7 Å². The lowest BCUT2D eigenvalue weighted by molar-refractivity contribution is 0.0786. The highest BCUT2D eigenvalue weighted by molar-refractivity contribution is 5.98. The number of rotatable bonds is 1. The van der Waals surface area contributed by atoms with Gasteiger partial charge in [-0.05, 0) is 12.1 Å². The summed E-state index contributed by atoms with van der Waals surface area (Å²) in [6.45, 7) is 8.41. The standard InChI is InChI=1S/C12H12N4O2.2C2H6/c1-15-7-10-13-14-12(18-2)16(10)9-6-4-3-5-8(9)11(15)17;2*1-2/h3-6H,7H2,1-2H3;2*1-2H3. The molecule has 0 spiro atoms. The molecule has 0 bridgehead atoms. The summed E-state index contributed by atoms with van der Waals surface area (Å²) in [5.74, 6) is 0.658. The monoisotopic (exact) mass is 304 g/mol. The van der Waals surface area contributed by atoms with Crippen LogP contribution in [0.1, 0.15) is 43.9 Å². The van der Waals surface area contributed by atoms with E-state index in [1.54, 1.807) is 22.6 Å². The predicted molar refractivity (Wildman–Crippen MR) is 86.4 cm³/mol. The maximum atomic E-state index is 12.2. The minimum atomic E-state index is -0.0295. The first-order valence-corrected chi connectivity index (χ1v) is 7.55. The van der Waals surface area contributed by atoms with Crippen molar-refractivity contribution in [1.82, 2.24) is 19.7 Å². The summed E-state index contributed by atoms with van der Waals surface area (Å²) >= 11 is 0. The van der Waals surface area contributed by atoms with Gasteiger partial charge in [0.05, 0.1) is 24.9 Å². The third-order valence-corrected chi connectivity index (χ3v) is 2.98. The molecule has 6 nitrogen and oxygen atoms in total. The molecule has 0 saturated carbocycles. The van der Waals surface area contributed by atoms with E-state index in [0.29, 0.717) is 23.9 Å². The van der Waals surface area contributed by atoms with E-state index in [4.69, 9.17) is 4.74 Å². The average molecular weight is 304 g/mol. The van der Waals surface area contributed by atoms with E-state index in [2.05, 4.69) is 10.2 Å². The summed E-state index contributed by atoms with van der Waals surface area (Å²) in [7, 11) is 3.28. The lowest BCUT2D eigenvalue weighted by Crippen LogP contribution is -2.25. The molecule has 2 aromatic rings. The molecule has 6 heteroatoms. The molecule has 1 aliphatic rings. The molecule has 2 heterocycles. The number of amides is 1. The van der Waals surface area contributed by atoms with Gasteiger partial charge in [0.2, 0.25) is 0 Å². The molecule has 0 fully saturated rings. The minimum Gasteiger partial charge on any atom is -0.467 e. The number of carbonyl (C=O) groups excluding carboxylic acids is 1. The van der Waals surface area contributed by atoms with Crippen molar-refractivity contribution in [2.24, 2.45) is 0 Å². The third kappa shape index (κ3) is 3.10. The molecule has 0 aliphatic carbocycles. The van der Waals surface area contributed by atoms with Crippen LogP contribution in [0.5, 0.6) is 6.01 Å². The van der Waals surface area contributed by atoms with Crippen LogP contribution < -0.4 is 4.74 Å². The van der Waals surface area contributed by atoms with E-state index >= 15 is 0 Å². The third-order valence-electron chi connectivity index (χ3n) is 2.98. The summed E-state index contributed by atoms with van der Waals surface area (Å²) in [6.07, 6.45) is 0. The lowest BCUT2D eigenvalue weighted by atomic mass is 10.1. The van der Waals surface area contributed by atoms with E-state index < -0.39 is 0 Å². The number of carbonyl (C=O) groups is 1. The normalized spacial score (nSPS) is 11.9. The highest BCUT2D eigenvalue weighted by atomic mass is 16.5. The number of aromatic nitrogens is 3. The molecule has 0 radical (unpaired) electrons. The molecule has 0 N–H and O–H groups in total. The van der Waals surface area contributed by atoms with Gasteiger partial charge in [0.1, 0.15) is 0 Å². The van der Waals surface area contributed by atoms with Crippen molar-refractivity contribution >= 4 is 5.91 Å². The Kier molecular flexibility index (Phi) is 6.56. The Labute approximate surface area is 131 Å². The zero-order valence-corrected chi connectivity index (χ0v) is 14.1. The Balaban J connectivity index is 0.000000561. The van der Waals surface area contributed by atoms with Crippen LogP contribution >= 0.6 is 0 Å². The van der Waals surface area contributed by atoms with Crippen molar-refractivity contribution < 1.29 is 9.53 Å². The zero-order valence-electron chi connectivity index (χ0n) is 14.1. The van der Waals surface area contributed by atoms with Gasteiger partial charge in [-0.15, -0.1) is 5.10 Å². The summed E-state index contributed by atoms with van der Waals surface area (Å²) in [5.41, 5.74) is 1.38. The van der Waals surface area contributed by atoms with Gasteiger partial charge in [-0.25, -0.2) is 4.57 Å². The van der Waals surface area contributed by atoms with Crippen LogP contribution in [0.2, 0.25) is 0 Å². The second kappa shape index (κ2) is 8.17. The van der Waals surface area contributed by atoms with Gasteiger partial charge in [-0.1, -0.05) is 44.9 Å². The minimum absolute atomic E-state index is 0.0295. The fourth-order valence-electron chi connectivity index (χ4n) is 2.12. The Morgan fingerprint density at radius 1 is 1.09 bits per heavy atom. The molecule has 1 aliphatic heterocycles. The summed E-state index contributed by atoms with van der Waals surface area (Å²) in [4.78, 5) is 13.8. The van der Waals surface area contributed by atoms with Crippen molar-refractivity contribution in [2.45, 2.75) is 34.2 Å². The molecule has 1 aromatic carbocycles. The van der Waals surface area contributed by atoms with Crippen LogP contribution in [-0.4, -0.2) is 39.7 Å². The number of fused-ring (bicyclic) bond motifs is 3. The molecule has 1 amide bonds. The van der Waals surface area contributed by atoms with Crippen LogP contribution in [-0.2, 0) is 6.54 Å². The van der Waals surface area contributed by atoms with Crippen LogP contribution in [0.15, 0.2) is 24.3 Å². The second-order valence-electron chi connectivity index (χ2n) is 4.12. The molecule has 0 atom stereocenters. The lowest BCUT2D eigenvalue weighted by Gasteiger charge is -2.12. The van der Waals surface area contributed by atoms with Gasteiger partial charge in [-0.2, -0.15) is 0 Å². The first-order valence-electron chi connectivity index (χ1n) is 7.55. The summed E-state index contributed by atoms with van der Waals surface area (Å²) in [6, 6.07) is 7.76. The van der Waals surface area contributed by atoms with Crippen molar-refractivity contribution in [1.29, 1.82) is 0 Å². The van der Waals surface area contributed by atoms with Gasteiger partial charge in [0.25, 0.3) is 5.91 Å². The second-order valence-corrected chi connectivity index (χ2v) is 4.12. The van der Waals surface area contributed by atoms with E-state index in [-0.39, 0.29) is 5.91 Å². The smallest absolute Gasteiger partial charge is 0.321 e. The Morgan fingerprint density at radius 3 is 2.36 bits per heavy atom. The highest BCUT2D eigenvalue weighted by Gasteiger charge is 2.26. The van der Waals surface area contributed by atoms with Crippen LogP contribution in [0, 0.1) is 0 Å². The molecule has 120 valence electrons. The zero-order chi connectivity index (χ0) is 16.7. The van der Waals surface area contributed by atoms with Crippen molar-refractivity contribution in [3.05, 3.63) is 35.7 Å². The number of hydrogen-bond donors (Lipinski definition) is 0. The van der Waals surface area contributed by atoms with Gasteiger partial charge < -0.3 is 9.64 Å². The number of hydrogen-bond acceptors (Lipinski definition) is 4. The maximum Gasteiger partial charge on any atom is 0.321 e. The quantitative estimate of drug-likeness (QED) is 0.812.